The van der Waals surface area contributed by atoms with Crippen LogP contribution in [0.2, 0.25) is 0 Å². The maximum Gasteiger partial charge on any atom is 0.260 e. The Morgan fingerprint density at radius 1 is 0.971 bits per heavy atom. The molecule has 1 aromatic heterocycles. The van der Waals surface area contributed by atoms with Gasteiger partial charge in [-0.1, -0.05) is 61.6 Å². The number of ether oxygens (including phenoxy) is 2. The summed E-state index contributed by atoms with van der Waals surface area (Å²) in [5.41, 5.74) is 1.51. The minimum atomic E-state index is -0.0322. The number of anilines is 1. The summed E-state index contributed by atoms with van der Waals surface area (Å²) in [5, 5.41) is 2.70. The third kappa shape index (κ3) is 4.69. The zero-order valence-electron chi connectivity index (χ0n) is 19.3. The van der Waals surface area contributed by atoms with Gasteiger partial charge < -0.3 is 14.4 Å². The van der Waals surface area contributed by atoms with E-state index in [9.17, 15) is 4.79 Å². The lowest BCUT2D eigenvalue weighted by molar-refractivity contribution is 0.0985. The Bertz CT molecular complexity index is 1260. The lowest BCUT2D eigenvalue weighted by Gasteiger charge is -2.25. The van der Waals surface area contributed by atoms with Gasteiger partial charge in [0.25, 0.3) is 5.91 Å². The van der Waals surface area contributed by atoms with Crippen LogP contribution in [0.3, 0.4) is 0 Å². The average molecular weight is 498 g/mol. The zero-order valence-corrected chi connectivity index (χ0v) is 21.0. The van der Waals surface area contributed by atoms with Crippen molar-refractivity contribution >= 4 is 55.8 Å². The summed E-state index contributed by atoms with van der Waals surface area (Å²) < 4.78 is 12.4. The molecule has 1 amide bonds. The normalized spacial score (nSPS) is 12.7. The summed E-state index contributed by atoms with van der Waals surface area (Å²) >= 11 is 1.51. The third-order valence-electron chi connectivity index (χ3n) is 6.07. The fraction of sp³-hybridized carbons (Fsp3) is 0.308. The van der Waals surface area contributed by atoms with Crippen LogP contribution in [0.15, 0.2) is 54.6 Å². The molecule has 3 aromatic carbocycles. The van der Waals surface area contributed by atoms with Crippen molar-refractivity contribution in [3.63, 3.8) is 0 Å². The molecule has 0 atom stereocenters. The van der Waals surface area contributed by atoms with Gasteiger partial charge in [0.15, 0.2) is 16.6 Å². The molecule has 0 bridgehead atoms. The summed E-state index contributed by atoms with van der Waals surface area (Å²) in [7, 11) is 0. The SMILES string of the molecule is CCN(CC)CCN(C(=O)c1cccc2ccccc12)c1nc2cc3c(cc2s1)OCCO3.Cl. The predicted molar refractivity (Wildman–Crippen MR) is 141 cm³/mol. The lowest BCUT2D eigenvalue weighted by atomic mass is 10.0. The molecule has 0 unspecified atom stereocenters. The van der Waals surface area contributed by atoms with Crippen LogP contribution in [0.5, 0.6) is 11.5 Å². The Kier molecular flexibility index (Phi) is 7.56. The van der Waals surface area contributed by atoms with E-state index >= 15 is 0 Å². The van der Waals surface area contributed by atoms with E-state index in [1.54, 1.807) is 0 Å². The number of carbonyl (C=O) groups excluding carboxylic acids is 1. The summed E-state index contributed by atoms with van der Waals surface area (Å²) in [6.45, 7) is 8.58. The first-order chi connectivity index (χ1) is 16.2. The van der Waals surface area contributed by atoms with Crippen LogP contribution in [0.4, 0.5) is 5.13 Å². The number of benzene rings is 3. The van der Waals surface area contributed by atoms with Gasteiger partial charge >= 0.3 is 0 Å². The van der Waals surface area contributed by atoms with Crippen LogP contribution in [0.1, 0.15) is 24.2 Å². The number of carbonyl (C=O) groups is 1. The number of fused-ring (bicyclic) bond motifs is 3. The van der Waals surface area contributed by atoms with E-state index < -0.39 is 0 Å². The lowest BCUT2D eigenvalue weighted by Crippen LogP contribution is -2.39. The van der Waals surface area contributed by atoms with E-state index in [1.165, 1.54) is 11.3 Å². The second kappa shape index (κ2) is 10.6. The summed E-state index contributed by atoms with van der Waals surface area (Å²) in [4.78, 5) is 22.9. The number of rotatable bonds is 7. The maximum absolute atomic E-state index is 13.9. The standard InChI is InChI=1S/C26H27N3O3S.ClH/c1-3-28(4-2)12-13-29(25(30)20-11-7-9-18-8-5-6-10-19(18)20)26-27-21-16-22-23(17-24(21)33-26)32-15-14-31-22;/h5-11,16-17H,3-4,12-15H2,1-2H3;1H. The molecule has 0 saturated carbocycles. The summed E-state index contributed by atoms with van der Waals surface area (Å²) in [6, 6.07) is 17.8. The Morgan fingerprint density at radius 3 is 2.44 bits per heavy atom. The first kappa shape index (κ1) is 24.3. The number of nitrogens with zero attached hydrogens (tertiary/aromatic N) is 3. The Hall–Kier alpha value is -2.87. The molecular weight excluding hydrogens is 470 g/mol. The van der Waals surface area contributed by atoms with Crippen LogP contribution in [-0.4, -0.2) is 55.2 Å². The molecule has 0 N–H and O–H groups in total. The third-order valence-corrected chi connectivity index (χ3v) is 7.11. The second-order valence-electron chi connectivity index (χ2n) is 7.97. The van der Waals surface area contributed by atoms with Crippen molar-refractivity contribution < 1.29 is 14.3 Å². The van der Waals surface area contributed by atoms with E-state index in [1.807, 2.05) is 59.5 Å². The molecule has 8 heteroatoms. The van der Waals surface area contributed by atoms with Crippen LogP contribution in [0.25, 0.3) is 21.0 Å². The highest BCUT2D eigenvalue weighted by atomic mass is 35.5. The van der Waals surface area contributed by atoms with E-state index in [-0.39, 0.29) is 18.3 Å². The quantitative estimate of drug-likeness (QED) is 0.331. The minimum absolute atomic E-state index is 0. The molecule has 1 aliphatic heterocycles. The Labute approximate surface area is 209 Å². The van der Waals surface area contributed by atoms with Crippen molar-refractivity contribution in [2.24, 2.45) is 0 Å². The van der Waals surface area contributed by atoms with Crippen LogP contribution in [0, 0.1) is 0 Å². The first-order valence-corrected chi connectivity index (χ1v) is 12.2. The van der Waals surface area contributed by atoms with Crippen LogP contribution < -0.4 is 14.4 Å². The molecule has 4 aromatic rings. The Balaban J connectivity index is 0.00000274. The summed E-state index contributed by atoms with van der Waals surface area (Å²) in [6.07, 6.45) is 0. The largest absolute Gasteiger partial charge is 0.486 e. The Morgan fingerprint density at radius 2 is 1.68 bits per heavy atom. The zero-order chi connectivity index (χ0) is 22.8. The highest BCUT2D eigenvalue weighted by molar-refractivity contribution is 7.22. The molecule has 1 aliphatic rings. The van der Waals surface area contributed by atoms with E-state index in [0.29, 0.717) is 36.2 Å². The highest BCUT2D eigenvalue weighted by Crippen LogP contribution is 2.39. The van der Waals surface area contributed by atoms with Gasteiger partial charge in [0, 0.05) is 30.8 Å². The van der Waals surface area contributed by atoms with Crippen molar-refractivity contribution in [3.8, 4) is 11.5 Å². The van der Waals surface area contributed by atoms with Crippen LogP contribution >= 0.6 is 23.7 Å². The number of likely N-dealkylation sites (N-methyl/N-ethyl adjacent to an activating group) is 1. The van der Waals surface area contributed by atoms with Gasteiger partial charge in [0.05, 0.1) is 10.2 Å². The van der Waals surface area contributed by atoms with Crippen LogP contribution in [-0.2, 0) is 0 Å². The van der Waals surface area contributed by atoms with Gasteiger partial charge in [0.1, 0.15) is 13.2 Å². The van der Waals surface area contributed by atoms with E-state index in [2.05, 4.69) is 18.7 Å². The van der Waals surface area contributed by atoms with Gasteiger partial charge in [-0.05, 0) is 29.9 Å². The first-order valence-electron chi connectivity index (χ1n) is 11.4. The number of hydrogen-bond donors (Lipinski definition) is 0. The molecule has 178 valence electrons. The smallest absolute Gasteiger partial charge is 0.260 e. The molecule has 0 spiro atoms. The number of amides is 1. The fourth-order valence-corrected chi connectivity index (χ4v) is 5.19. The topological polar surface area (TPSA) is 54.9 Å². The van der Waals surface area contributed by atoms with Gasteiger partial charge in [0.2, 0.25) is 0 Å². The minimum Gasteiger partial charge on any atom is -0.486 e. The number of thiazole rings is 1. The molecule has 0 fully saturated rings. The van der Waals surface area contributed by atoms with Crippen molar-refractivity contribution in [2.75, 3.05) is 44.3 Å². The molecule has 6 nitrogen and oxygen atoms in total. The molecule has 2 heterocycles. The fourth-order valence-electron chi connectivity index (χ4n) is 4.19. The number of halogens is 1. The van der Waals surface area contributed by atoms with E-state index in [4.69, 9.17) is 14.5 Å². The van der Waals surface area contributed by atoms with Gasteiger partial charge in [-0.2, -0.15) is 0 Å². The van der Waals surface area contributed by atoms with Crippen molar-refractivity contribution in [1.82, 2.24) is 9.88 Å². The average Bonchev–Trinajstić information content (AvgIpc) is 3.27. The second-order valence-corrected chi connectivity index (χ2v) is 8.98. The molecular formula is C26H28ClN3O3S. The molecule has 0 saturated heterocycles. The van der Waals surface area contributed by atoms with Gasteiger partial charge in [-0.3, -0.25) is 9.69 Å². The molecule has 34 heavy (non-hydrogen) atoms. The molecule has 0 aliphatic carbocycles. The van der Waals surface area contributed by atoms with E-state index in [0.717, 1.165) is 46.4 Å². The molecule has 5 rings (SSSR count). The highest BCUT2D eigenvalue weighted by Gasteiger charge is 2.24. The summed E-state index contributed by atoms with van der Waals surface area (Å²) in [5.74, 6) is 1.41. The number of hydrogen-bond acceptors (Lipinski definition) is 6. The van der Waals surface area contributed by atoms with Crippen molar-refractivity contribution in [1.29, 1.82) is 0 Å². The van der Waals surface area contributed by atoms with Gasteiger partial charge in [-0.25, -0.2) is 4.98 Å². The molecule has 0 radical (unpaired) electrons. The van der Waals surface area contributed by atoms with Crippen molar-refractivity contribution in [3.05, 3.63) is 60.2 Å². The van der Waals surface area contributed by atoms with Crippen molar-refractivity contribution in [2.45, 2.75) is 13.8 Å². The van der Waals surface area contributed by atoms with Gasteiger partial charge in [-0.15, -0.1) is 12.4 Å². The predicted octanol–water partition coefficient (Wildman–Crippen LogP) is 5.63. The maximum atomic E-state index is 13.9. The monoisotopic (exact) mass is 497 g/mol. The number of aromatic nitrogens is 1.